The monoisotopic (exact) mass is 555 g/mol. The van der Waals surface area contributed by atoms with Crippen molar-refractivity contribution in [1.29, 1.82) is 0 Å². The number of amides is 2. The molecule has 38 heavy (non-hydrogen) atoms. The molecule has 2 amide bonds. The van der Waals surface area contributed by atoms with Crippen LogP contribution in [0.1, 0.15) is 35.6 Å². The number of halogens is 5. The highest BCUT2D eigenvalue weighted by Crippen LogP contribution is 2.30. The van der Waals surface area contributed by atoms with Gasteiger partial charge in [-0.2, -0.15) is 13.2 Å². The van der Waals surface area contributed by atoms with Gasteiger partial charge in [0.05, 0.1) is 18.2 Å². The van der Waals surface area contributed by atoms with Gasteiger partial charge in [-0.15, -0.1) is 0 Å². The Morgan fingerprint density at radius 2 is 1.82 bits per heavy atom. The summed E-state index contributed by atoms with van der Waals surface area (Å²) in [5, 5.41) is 11.8. The second kappa shape index (κ2) is 12.9. The molecule has 2 aromatic carbocycles. The normalized spacial score (nSPS) is 16.6. The highest BCUT2D eigenvalue weighted by atomic mass is 35.5. The van der Waals surface area contributed by atoms with E-state index in [2.05, 4.69) is 10.2 Å². The quantitative estimate of drug-likeness (QED) is 0.354. The number of nitrogens with zero attached hydrogens (tertiary/aromatic N) is 2. The molecule has 7 nitrogen and oxygen atoms in total. The van der Waals surface area contributed by atoms with Crippen molar-refractivity contribution < 1.29 is 37.1 Å². The molecule has 0 unspecified atom stereocenters. The zero-order valence-electron chi connectivity index (χ0n) is 20.2. The van der Waals surface area contributed by atoms with Gasteiger partial charge in [0, 0.05) is 42.7 Å². The molecule has 0 radical (unpaired) electrons. The summed E-state index contributed by atoms with van der Waals surface area (Å²) in [7, 11) is 0. The summed E-state index contributed by atoms with van der Waals surface area (Å²) >= 11 is 6.00. The Morgan fingerprint density at radius 1 is 1.11 bits per heavy atom. The zero-order valence-corrected chi connectivity index (χ0v) is 20.9. The van der Waals surface area contributed by atoms with Crippen LogP contribution in [-0.2, 0) is 20.6 Å². The van der Waals surface area contributed by atoms with E-state index in [-0.39, 0.29) is 30.5 Å². The number of hydrogen-bond acceptors (Lipinski definition) is 4. The fourth-order valence-corrected chi connectivity index (χ4v) is 4.22. The van der Waals surface area contributed by atoms with Crippen molar-refractivity contribution in [1.82, 2.24) is 15.1 Å². The lowest BCUT2D eigenvalue weighted by atomic mass is 10.0. The molecule has 1 aliphatic rings. The number of carboxylic acid groups (broad SMARTS) is 1. The van der Waals surface area contributed by atoms with Crippen LogP contribution in [0, 0.1) is 5.82 Å². The van der Waals surface area contributed by atoms with Crippen molar-refractivity contribution >= 4 is 35.5 Å². The second-order valence-electron chi connectivity index (χ2n) is 8.74. The topological polar surface area (TPSA) is 89.9 Å². The zero-order chi connectivity index (χ0) is 27.9. The van der Waals surface area contributed by atoms with Crippen molar-refractivity contribution in [2.24, 2.45) is 0 Å². The van der Waals surface area contributed by atoms with Crippen LogP contribution in [-0.4, -0.2) is 65.4 Å². The van der Waals surface area contributed by atoms with Gasteiger partial charge < -0.3 is 15.3 Å². The molecule has 0 saturated carbocycles. The minimum atomic E-state index is -4.69. The van der Waals surface area contributed by atoms with Crippen LogP contribution >= 0.6 is 11.6 Å². The number of carbonyl (C=O) groups is 3. The lowest BCUT2D eigenvalue weighted by Gasteiger charge is -2.42. The Labute approximate surface area is 221 Å². The average molecular weight is 556 g/mol. The maximum Gasteiger partial charge on any atom is 0.416 e. The van der Waals surface area contributed by atoms with Gasteiger partial charge >= 0.3 is 12.1 Å². The highest BCUT2D eigenvalue weighted by Gasteiger charge is 2.32. The molecular formula is C26H26ClF4N3O4. The smallest absolute Gasteiger partial charge is 0.416 e. The first-order valence-electron chi connectivity index (χ1n) is 11.8. The number of alkyl halides is 3. The number of rotatable bonds is 9. The molecule has 1 fully saturated rings. The van der Waals surface area contributed by atoms with Crippen molar-refractivity contribution in [3.05, 3.63) is 76.1 Å². The molecule has 1 heterocycles. The van der Waals surface area contributed by atoms with Gasteiger partial charge in [0.25, 0.3) is 0 Å². The van der Waals surface area contributed by atoms with E-state index >= 15 is 0 Å². The van der Waals surface area contributed by atoms with Gasteiger partial charge in [0.2, 0.25) is 11.8 Å². The standard InChI is InChI=1S/C26H26ClF4N3O4/c27-20-8-4-18(5-9-20)22-16-33(11-1-2-25(37)38)12-13-34(22)24(36)15-32-23(35)10-6-17-3-7-19(14-21(17)28)26(29,30)31/h3-10,14,22H,1-2,11-13,15-16H2,(H,32,35)(H,37,38)/b10-6+/t22-/m0/s1. The Bertz CT molecular complexity index is 1190. The Kier molecular flexibility index (Phi) is 9.87. The van der Waals surface area contributed by atoms with Crippen LogP contribution in [0.3, 0.4) is 0 Å². The van der Waals surface area contributed by atoms with Gasteiger partial charge in [-0.25, -0.2) is 4.39 Å². The van der Waals surface area contributed by atoms with E-state index in [1.165, 1.54) is 0 Å². The molecule has 1 aliphatic heterocycles. The summed E-state index contributed by atoms with van der Waals surface area (Å²) < 4.78 is 52.0. The summed E-state index contributed by atoms with van der Waals surface area (Å²) in [6.07, 6.45) is -2.20. The van der Waals surface area contributed by atoms with Crippen molar-refractivity contribution in [3.8, 4) is 0 Å². The molecule has 2 N–H and O–H groups in total. The molecule has 12 heteroatoms. The number of aliphatic carboxylic acids is 1. The third-order valence-corrected chi connectivity index (χ3v) is 6.31. The molecule has 1 saturated heterocycles. The van der Waals surface area contributed by atoms with Crippen LogP contribution in [0.2, 0.25) is 5.02 Å². The summed E-state index contributed by atoms with van der Waals surface area (Å²) in [5.41, 5.74) is -0.518. The maximum absolute atomic E-state index is 14.0. The number of nitrogens with one attached hydrogen (secondary N) is 1. The Hall–Kier alpha value is -3.44. The van der Waals surface area contributed by atoms with E-state index in [0.29, 0.717) is 49.8 Å². The summed E-state index contributed by atoms with van der Waals surface area (Å²) in [5.74, 6) is -3.09. The van der Waals surface area contributed by atoms with E-state index in [9.17, 15) is 31.9 Å². The third kappa shape index (κ3) is 8.29. The molecule has 0 aromatic heterocycles. The number of hydrogen-bond donors (Lipinski definition) is 2. The number of benzene rings is 2. The average Bonchev–Trinajstić information content (AvgIpc) is 2.86. The van der Waals surface area contributed by atoms with Gasteiger partial charge in [-0.05, 0) is 48.9 Å². The third-order valence-electron chi connectivity index (χ3n) is 6.06. The predicted molar refractivity (Wildman–Crippen MR) is 133 cm³/mol. The molecule has 2 aromatic rings. The van der Waals surface area contributed by atoms with Crippen LogP contribution in [0.5, 0.6) is 0 Å². The second-order valence-corrected chi connectivity index (χ2v) is 9.17. The van der Waals surface area contributed by atoms with Gasteiger partial charge in [-0.3, -0.25) is 19.3 Å². The lowest BCUT2D eigenvalue weighted by Crippen LogP contribution is -2.52. The Balaban J connectivity index is 1.62. The summed E-state index contributed by atoms with van der Waals surface area (Å²) in [6.45, 7) is 1.55. The van der Waals surface area contributed by atoms with Crippen molar-refractivity contribution in [2.75, 3.05) is 32.7 Å². The van der Waals surface area contributed by atoms with Crippen LogP contribution in [0.15, 0.2) is 48.5 Å². The molecule has 1 atom stereocenters. The summed E-state index contributed by atoms with van der Waals surface area (Å²) in [6, 6.07) is 8.63. The molecule has 0 bridgehead atoms. The largest absolute Gasteiger partial charge is 0.481 e. The fourth-order valence-electron chi connectivity index (χ4n) is 4.09. The van der Waals surface area contributed by atoms with E-state index in [0.717, 1.165) is 23.8 Å². The van der Waals surface area contributed by atoms with Crippen molar-refractivity contribution in [3.63, 3.8) is 0 Å². The number of carbonyl (C=O) groups excluding carboxylic acids is 2. The molecule has 0 aliphatic carbocycles. The number of piperazine rings is 1. The van der Waals surface area contributed by atoms with E-state index < -0.39 is 29.4 Å². The highest BCUT2D eigenvalue weighted by molar-refractivity contribution is 6.30. The molecule has 204 valence electrons. The minimum absolute atomic E-state index is 0.0423. The number of carboxylic acids is 1. The van der Waals surface area contributed by atoms with E-state index in [1.807, 2.05) is 0 Å². The molecular weight excluding hydrogens is 530 g/mol. The van der Waals surface area contributed by atoms with Gasteiger partial charge in [0.15, 0.2) is 0 Å². The first kappa shape index (κ1) is 29.1. The Morgan fingerprint density at radius 3 is 2.45 bits per heavy atom. The van der Waals surface area contributed by atoms with Gasteiger partial charge in [-0.1, -0.05) is 29.8 Å². The first-order valence-corrected chi connectivity index (χ1v) is 12.1. The molecule has 3 rings (SSSR count). The van der Waals surface area contributed by atoms with E-state index in [4.69, 9.17) is 16.7 Å². The lowest BCUT2D eigenvalue weighted by molar-refractivity contribution is -0.138. The summed E-state index contributed by atoms with van der Waals surface area (Å²) in [4.78, 5) is 39.8. The van der Waals surface area contributed by atoms with Gasteiger partial charge in [0.1, 0.15) is 5.82 Å². The molecule has 0 spiro atoms. The van der Waals surface area contributed by atoms with Crippen LogP contribution in [0.4, 0.5) is 17.6 Å². The SMILES string of the molecule is O=C(O)CCCN1CCN(C(=O)CNC(=O)/C=C/c2ccc(C(F)(F)F)cc2F)[C@H](c2ccc(Cl)cc2)C1. The van der Waals surface area contributed by atoms with E-state index in [1.54, 1.807) is 29.2 Å². The first-order chi connectivity index (χ1) is 17.9. The maximum atomic E-state index is 14.0. The van der Waals surface area contributed by atoms with Crippen LogP contribution in [0.25, 0.3) is 6.08 Å². The van der Waals surface area contributed by atoms with Crippen LogP contribution < -0.4 is 5.32 Å². The van der Waals surface area contributed by atoms with Crippen molar-refractivity contribution in [2.45, 2.75) is 25.1 Å². The minimum Gasteiger partial charge on any atom is -0.481 e. The fraction of sp³-hybridized carbons (Fsp3) is 0.346. The predicted octanol–water partition coefficient (Wildman–Crippen LogP) is 4.38.